The molecule has 0 heterocycles. The minimum atomic E-state index is -3.32. The third-order valence-electron chi connectivity index (χ3n) is 3.01. The van der Waals surface area contributed by atoms with E-state index in [1.165, 1.54) is 0 Å². The molecule has 0 amide bonds. The van der Waals surface area contributed by atoms with Gasteiger partial charge in [-0.2, -0.15) is 0 Å². The van der Waals surface area contributed by atoms with Gasteiger partial charge in [-0.1, -0.05) is 35.9 Å². The lowest BCUT2D eigenvalue weighted by Gasteiger charge is -2.12. The van der Waals surface area contributed by atoms with E-state index in [2.05, 4.69) is 6.58 Å². The predicted octanol–water partition coefficient (Wildman–Crippen LogP) is 3.28. The van der Waals surface area contributed by atoms with Gasteiger partial charge in [0.1, 0.15) is 0 Å². The van der Waals surface area contributed by atoms with Crippen molar-refractivity contribution in [3.63, 3.8) is 0 Å². The second kappa shape index (κ2) is 8.88. The number of hydrogen-bond donors (Lipinski definition) is 0. The molecule has 0 saturated heterocycles. The van der Waals surface area contributed by atoms with Crippen LogP contribution >= 0.6 is 0 Å². The summed E-state index contributed by atoms with van der Waals surface area (Å²) < 4.78 is 35.3. The van der Waals surface area contributed by atoms with Crippen LogP contribution in [0.5, 0.6) is 0 Å². The van der Waals surface area contributed by atoms with Crippen molar-refractivity contribution in [2.24, 2.45) is 0 Å². The predicted molar refractivity (Wildman–Crippen MR) is 88.6 cm³/mol. The summed E-state index contributed by atoms with van der Waals surface area (Å²) in [6.07, 6.45) is 2.85. The monoisotopic (exact) mass is 324 g/mol. The minimum absolute atomic E-state index is 0.0210. The Bertz CT molecular complexity index is 600. The number of ether oxygens (including phenoxy) is 2. The highest BCUT2D eigenvalue weighted by Crippen LogP contribution is 2.14. The van der Waals surface area contributed by atoms with E-state index in [4.69, 9.17) is 9.47 Å². The van der Waals surface area contributed by atoms with Crippen LogP contribution in [-0.2, 0) is 19.3 Å². The molecule has 1 atom stereocenters. The van der Waals surface area contributed by atoms with Crippen molar-refractivity contribution in [3.8, 4) is 0 Å². The minimum Gasteiger partial charge on any atom is -0.349 e. The topological polar surface area (TPSA) is 52.6 Å². The molecule has 0 aliphatic heterocycles. The molecule has 1 rings (SSSR count). The maximum absolute atomic E-state index is 12.3. The Morgan fingerprint density at radius 3 is 2.45 bits per heavy atom. The Kier molecular flexibility index (Phi) is 7.51. The van der Waals surface area contributed by atoms with Crippen LogP contribution in [-0.4, -0.2) is 33.7 Å². The van der Waals surface area contributed by atoms with Crippen molar-refractivity contribution < 1.29 is 17.9 Å². The lowest BCUT2D eigenvalue weighted by atomic mass is 10.2. The maximum atomic E-state index is 12.3. The van der Waals surface area contributed by atoms with Crippen molar-refractivity contribution in [2.75, 3.05) is 19.0 Å². The van der Waals surface area contributed by atoms with Crippen LogP contribution in [0.15, 0.2) is 53.5 Å². The Morgan fingerprint density at radius 2 is 1.91 bits per heavy atom. The Hall–Kier alpha value is -1.43. The van der Waals surface area contributed by atoms with Gasteiger partial charge >= 0.3 is 0 Å². The number of rotatable bonds is 9. The molecule has 0 aromatic heterocycles. The molecule has 0 aliphatic carbocycles. The number of sulfone groups is 1. The number of hydrogen-bond acceptors (Lipinski definition) is 4. The average molecular weight is 324 g/mol. The molecular weight excluding hydrogens is 300 g/mol. The molecule has 4 nitrogen and oxygen atoms in total. The summed E-state index contributed by atoms with van der Waals surface area (Å²) in [5, 5.41) is 0. The zero-order chi connectivity index (χ0) is 16.6. The zero-order valence-electron chi connectivity index (χ0n) is 13.4. The summed E-state index contributed by atoms with van der Waals surface area (Å²) in [6.45, 7) is 10.0. The molecule has 0 bridgehead atoms. The molecule has 0 radical (unpaired) electrons. The fraction of sp³-hybridized carbons (Fsp3) is 0.412. The molecule has 1 aromatic carbocycles. The summed E-state index contributed by atoms with van der Waals surface area (Å²) in [5.74, 6) is -0.0210. The summed E-state index contributed by atoms with van der Waals surface area (Å²) in [6, 6.07) is 6.87. The lowest BCUT2D eigenvalue weighted by Crippen LogP contribution is -2.14. The van der Waals surface area contributed by atoms with Gasteiger partial charge in [-0.3, -0.25) is 0 Å². The first kappa shape index (κ1) is 18.6. The first-order chi connectivity index (χ1) is 10.4. The molecule has 1 unspecified atom stereocenters. The molecule has 1 aromatic rings. The Balaban J connectivity index is 2.62. The molecule has 22 heavy (non-hydrogen) atoms. The Labute approximate surface area is 133 Å². The van der Waals surface area contributed by atoms with Crippen LogP contribution in [0.1, 0.15) is 19.4 Å². The van der Waals surface area contributed by atoms with E-state index in [1.807, 2.05) is 13.8 Å². The number of aryl methyl sites for hydroxylation is 1. The molecule has 5 heteroatoms. The first-order valence-corrected chi connectivity index (χ1v) is 8.85. The van der Waals surface area contributed by atoms with Crippen molar-refractivity contribution in [2.45, 2.75) is 32.0 Å². The summed E-state index contributed by atoms with van der Waals surface area (Å²) in [5.41, 5.74) is 1.77. The maximum Gasteiger partial charge on any atom is 0.182 e. The van der Waals surface area contributed by atoms with E-state index in [1.54, 1.807) is 43.3 Å². The zero-order valence-corrected chi connectivity index (χ0v) is 14.2. The van der Waals surface area contributed by atoms with Gasteiger partial charge in [0.2, 0.25) is 0 Å². The second-order valence-electron chi connectivity index (χ2n) is 5.02. The summed E-state index contributed by atoms with van der Waals surface area (Å²) in [4.78, 5) is 0.338. The van der Waals surface area contributed by atoms with Gasteiger partial charge in [-0.05, 0) is 39.0 Å². The molecule has 0 aliphatic rings. The Morgan fingerprint density at radius 1 is 1.27 bits per heavy atom. The van der Waals surface area contributed by atoms with E-state index >= 15 is 0 Å². The molecule has 0 spiro atoms. The van der Waals surface area contributed by atoms with Gasteiger partial charge in [0.25, 0.3) is 0 Å². The van der Waals surface area contributed by atoms with E-state index in [-0.39, 0.29) is 12.4 Å². The van der Waals surface area contributed by atoms with Gasteiger partial charge < -0.3 is 9.47 Å². The highest BCUT2D eigenvalue weighted by molar-refractivity contribution is 7.91. The van der Waals surface area contributed by atoms with E-state index in [0.29, 0.717) is 11.5 Å². The van der Waals surface area contributed by atoms with Crippen molar-refractivity contribution in [1.29, 1.82) is 0 Å². The average Bonchev–Trinajstić information content (AvgIpc) is 2.46. The van der Waals surface area contributed by atoms with Crippen LogP contribution in [0.2, 0.25) is 0 Å². The highest BCUT2D eigenvalue weighted by Gasteiger charge is 2.14. The fourth-order valence-electron chi connectivity index (χ4n) is 1.82. The summed E-state index contributed by atoms with van der Waals surface area (Å²) >= 11 is 0. The van der Waals surface area contributed by atoms with Gasteiger partial charge in [-0.25, -0.2) is 8.42 Å². The molecular formula is C17H24O4S. The largest absolute Gasteiger partial charge is 0.349 e. The molecule has 0 fully saturated rings. The third kappa shape index (κ3) is 6.13. The van der Waals surface area contributed by atoms with Gasteiger partial charge in [0.15, 0.2) is 16.1 Å². The normalized spacial score (nSPS) is 13.9. The van der Waals surface area contributed by atoms with Gasteiger partial charge in [-0.15, -0.1) is 0 Å². The van der Waals surface area contributed by atoms with Gasteiger partial charge in [0, 0.05) is 6.61 Å². The lowest BCUT2D eigenvalue weighted by molar-refractivity contribution is -0.0984. The van der Waals surface area contributed by atoms with Crippen LogP contribution < -0.4 is 0 Å². The van der Waals surface area contributed by atoms with Crippen LogP contribution in [0.4, 0.5) is 0 Å². The smallest absolute Gasteiger partial charge is 0.182 e. The van der Waals surface area contributed by atoms with Crippen LogP contribution in [0.3, 0.4) is 0 Å². The molecule has 122 valence electrons. The third-order valence-corrected chi connectivity index (χ3v) is 4.84. The quantitative estimate of drug-likeness (QED) is 0.517. The second-order valence-corrected chi connectivity index (χ2v) is 7.00. The van der Waals surface area contributed by atoms with E-state index < -0.39 is 16.1 Å². The summed E-state index contributed by atoms with van der Waals surface area (Å²) in [7, 11) is -3.32. The highest BCUT2D eigenvalue weighted by atomic mass is 32.2. The van der Waals surface area contributed by atoms with E-state index in [9.17, 15) is 8.42 Å². The van der Waals surface area contributed by atoms with Crippen molar-refractivity contribution in [3.05, 3.63) is 54.1 Å². The van der Waals surface area contributed by atoms with Crippen molar-refractivity contribution >= 4 is 9.84 Å². The molecule has 0 N–H and O–H groups in total. The standard InChI is InChI=1S/C17H24O4S/c1-5-17(20-6-2)21-12-11-15(4)13-22(18,19)16-9-7-14(3)8-10-16/h5,7-11,17H,1,6,12-13H2,2-4H3/b15-11+. The van der Waals surface area contributed by atoms with Crippen LogP contribution in [0.25, 0.3) is 0 Å². The van der Waals surface area contributed by atoms with Crippen molar-refractivity contribution in [1.82, 2.24) is 0 Å². The SMILES string of the molecule is C=CC(OCC)OC/C=C(\C)CS(=O)(=O)c1ccc(C)cc1. The van der Waals surface area contributed by atoms with Gasteiger partial charge in [0.05, 0.1) is 17.3 Å². The fourth-order valence-corrected chi connectivity index (χ4v) is 3.26. The first-order valence-electron chi connectivity index (χ1n) is 7.20. The van der Waals surface area contributed by atoms with Crippen LogP contribution in [0, 0.1) is 6.92 Å². The number of benzene rings is 1. The molecule has 0 saturated carbocycles. The van der Waals surface area contributed by atoms with E-state index in [0.717, 1.165) is 11.1 Å².